The van der Waals surface area contributed by atoms with E-state index in [4.69, 9.17) is 5.26 Å². The van der Waals surface area contributed by atoms with E-state index in [-0.39, 0.29) is 5.91 Å². The number of rotatable bonds is 0. The molecule has 1 saturated heterocycles. The third-order valence-electron chi connectivity index (χ3n) is 0.966. The number of nitrogens with one attached hydrogen (secondary N) is 1. The second-order valence-corrected chi connectivity index (χ2v) is 2.75. The number of thioether (sulfide) groups is 1. The van der Waals surface area contributed by atoms with Crippen molar-refractivity contribution in [3.05, 3.63) is 0 Å². The van der Waals surface area contributed by atoms with E-state index in [1.807, 2.05) is 0 Å². The molecule has 1 N–H and O–H groups in total. The lowest BCUT2D eigenvalue weighted by atomic mass is 10.4. The molecule has 1 fully saturated rings. The largest absolute Gasteiger partial charge is 0.304 e. The predicted molar refractivity (Wildman–Crippen MR) is 38.3 cm³/mol. The molecule has 1 heterocycles. The van der Waals surface area contributed by atoms with Gasteiger partial charge in [0.2, 0.25) is 12.1 Å². The molecule has 1 aliphatic rings. The second kappa shape index (κ2) is 3.22. The fraction of sp³-hybridized carbons (Fsp3) is 0.400. The molecule has 1 aliphatic heterocycles. The van der Waals surface area contributed by atoms with E-state index in [9.17, 15) is 4.79 Å². The van der Waals surface area contributed by atoms with Crippen LogP contribution in [0, 0.1) is 11.5 Å². The Hall–Kier alpha value is -1.02. The van der Waals surface area contributed by atoms with Crippen LogP contribution in [-0.2, 0) is 4.79 Å². The molecule has 0 aliphatic carbocycles. The molecule has 0 bridgehead atoms. The first kappa shape index (κ1) is 7.09. The molecule has 0 spiro atoms. The summed E-state index contributed by atoms with van der Waals surface area (Å²) < 4.78 is 0. The molecule has 0 aromatic carbocycles. The Morgan fingerprint density at radius 1 is 1.80 bits per heavy atom. The summed E-state index contributed by atoms with van der Waals surface area (Å²) in [5, 5.41) is 11.0. The normalized spacial score (nSPS) is 21.9. The van der Waals surface area contributed by atoms with Gasteiger partial charge in [-0.3, -0.25) is 4.79 Å². The van der Waals surface area contributed by atoms with Crippen LogP contribution in [0.1, 0.15) is 6.42 Å². The van der Waals surface area contributed by atoms with Crippen LogP contribution in [0.3, 0.4) is 0 Å². The minimum Gasteiger partial charge on any atom is -0.304 e. The van der Waals surface area contributed by atoms with E-state index in [0.717, 1.165) is 0 Å². The second-order valence-electron chi connectivity index (χ2n) is 1.66. The molecule has 0 unspecified atom stereocenters. The molecule has 10 heavy (non-hydrogen) atoms. The highest BCUT2D eigenvalue weighted by Crippen LogP contribution is 2.08. The molecular weight excluding hydrogens is 150 g/mol. The zero-order valence-corrected chi connectivity index (χ0v) is 5.94. The van der Waals surface area contributed by atoms with E-state index in [0.29, 0.717) is 17.3 Å². The van der Waals surface area contributed by atoms with Crippen LogP contribution < -0.4 is 5.32 Å². The lowest BCUT2D eigenvalue weighted by Gasteiger charge is -2.10. The fourth-order valence-electron chi connectivity index (χ4n) is 0.564. The van der Waals surface area contributed by atoms with Gasteiger partial charge in [-0.1, -0.05) is 11.8 Å². The number of carbonyl (C=O) groups is 1. The molecule has 1 amide bonds. The first-order valence-electron chi connectivity index (χ1n) is 2.72. The van der Waals surface area contributed by atoms with Crippen LogP contribution in [0.5, 0.6) is 0 Å². The number of carbonyl (C=O) groups excluding carboxylic acids is 1. The number of amidine groups is 1. The monoisotopic (exact) mass is 155 g/mol. The van der Waals surface area contributed by atoms with Gasteiger partial charge in [0.1, 0.15) is 0 Å². The molecule has 0 atom stereocenters. The van der Waals surface area contributed by atoms with Crippen molar-refractivity contribution < 1.29 is 4.79 Å². The molecule has 1 rings (SSSR count). The Bertz CT molecular complexity index is 217. The van der Waals surface area contributed by atoms with Crippen molar-refractivity contribution in [2.75, 3.05) is 5.75 Å². The molecule has 0 radical (unpaired) electrons. The maximum Gasteiger partial charge on any atom is 0.226 e. The average molecular weight is 155 g/mol. The zero-order valence-electron chi connectivity index (χ0n) is 5.13. The van der Waals surface area contributed by atoms with Crippen LogP contribution in [0.15, 0.2) is 4.99 Å². The Morgan fingerprint density at radius 3 is 3.20 bits per heavy atom. The SMILES string of the molecule is N#CN=C1NC(=O)CCS1. The molecular formula is C5H5N3OS. The third kappa shape index (κ3) is 1.74. The van der Waals surface area contributed by atoms with Crippen molar-refractivity contribution in [3.8, 4) is 6.19 Å². The summed E-state index contributed by atoms with van der Waals surface area (Å²) >= 11 is 1.39. The Morgan fingerprint density at radius 2 is 2.60 bits per heavy atom. The topological polar surface area (TPSA) is 65.2 Å². The van der Waals surface area contributed by atoms with Gasteiger partial charge in [-0.2, -0.15) is 5.26 Å². The average Bonchev–Trinajstić information content (AvgIpc) is 1.88. The maximum absolute atomic E-state index is 10.6. The summed E-state index contributed by atoms with van der Waals surface area (Å²) in [6.45, 7) is 0. The first-order chi connectivity index (χ1) is 4.83. The lowest BCUT2D eigenvalue weighted by Crippen LogP contribution is -2.32. The van der Waals surface area contributed by atoms with Gasteiger partial charge < -0.3 is 5.32 Å². The third-order valence-corrected chi connectivity index (χ3v) is 1.84. The molecule has 5 heteroatoms. The summed E-state index contributed by atoms with van der Waals surface area (Å²) in [5.74, 6) is 0.652. The number of aliphatic imine (C=N–C) groups is 1. The van der Waals surface area contributed by atoms with E-state index >= 15 is 0 Å². The number of amides is 1. The van der Waals surface area contributed by atoms with Crippen LogP contribution in [0.4, 0.5) is 0 Å². The first-order valence-corrected chi connectivity index (χ1v) is 3.71. The number of nitrogens with zero attached hydrogens (tertiary/aromatic N) is 2. The van der Waals surface area contributed by atoms with Crippen molar-refractivity contribution in [1.29, 1.82) is 5.26 Å². The number of hydrogen-bond donors (Lipinski definition) is 1. The van der Waals surface area contributed by atoms with Gasteiger partial charge >= 0.3 is 0 Å². The standard InChI is InChI=1S/C5H5N3OS/c6-3-7-5-8-4(9)1-2-10-5/h1-2H2,(H,7,8,9). The molecule has 0 saturated carbocycles. The van der Waals surface area contributed by atoms with Crippen molar-refractivity contribution in [2.45, 2.75) is 6.42 Å². The van der Waals surface area contributed by atoms with E-state index in [2.05, 4.69) is 10.3 Å². The molecule has 0 aromatic heterocycles. The summed E-state index contributed by atoms with van der Waals surface area (Å²) in [5.41, 5.74) is 0. The number of nitriles is 1. The van der Waals surface area contributed by atoms with Gasteiger partial charge in [0.15, 0.2) is 5.17 Å². The summed E-state index contributed by atoms with van der Waals surface area (Å²) in [7, 11) is 0. The maximum atomic E-state index is 10.6. The smallest absolute Gasteiger partial charge is 0.226 e. The van der Waals surface area contributed by atoms with Crippen LogP contribution in [0.2, 0.25) is 0 Å². The molecule has 52 valence electrons. The minimum absolute atomic E-state index is 0.0623. The Balaban J connectivity index is 2.57. The lowest BCUT2D eigenvalue weighted by molar-refractivity contribution is -0.119. The van der Waals surface area contributed by atoms with Crippen molar-refractivity contribution in [2.24, 2.45) is 4.99 Å². The summed E-state index contributed by atoms with van der Waals surface area (Å²) in [4.78, 5) is 14.0. The Kier molecular flexibility index (Phi) is 2.29. The van der Waals surface area contributed by atoms with Crippen LogP contribution in [0.25, 0.3) is 0 Å². The van der Waals surface area contributed by atoms with Gasteiger partial charge in [-0.25, -0.2) is 0 Å². The minimum atomic E-state index is -0.0623. The van der Waals surface area contributed by atoms with Crippen LogP contribution >= 0.6 is 11.8 Å². The van der Waals surface area contributed by atoms with Gasteiger partial charge in [-0.15, -0.1) is 4.99 Å². The predicted octanol–water partition coefficient (Wildman–Crippen LogP) is 0.0766. The molecule has 4 nitrogen and oxygen atoms in total. The van der Waals surface area contributed by atoms with Gasteiger partial charge in [0, 0.05) is 12.2 Å². The van der Waals surface area contributed by atoms with E-state index in [1.165, 1.54) is 11.8 Å². The fourth-order valence-corrected chi connectivity index (χ4v) is 1.34. The van der Waals surface area contributed by atoms with Gasteiger partial charge in [0.05, 0.1) is 0 Å². The molecule has 0 aromatic rings. The highest BCUT2D eigenvalue weighted by Gasteiger charge is 2.12. The van der Waals surface area contributed by atoms with Crippen molar-refractivity contribution in [3.63, 3.8) is 0 Å². The number of hydrogen-bond acceptors (Lipinski definition) is 4. The quantitative estimate of drug-likeness (QED) is 0.504. The highest BCUT2D eigenvalue weighted by atomic mass is 32.2. The summed E-state index contributed by atoms with van der Waals surface area (Å²) in [6.07, 6.45) is 2.12. The summed E-state index contributed by atoms with van der Waals surface area (Å²) in [6, 6.07) is 0. The van der Waals surface area contributed by atoms with Crippen molar-refractivity contribution >= 4 is 22.8 Å². The van der Waals surface area contributed by atoms with Gasteiger partial charge in [-0.05, 0) is 0 Å². The van der Waals surface area contributed by atoms with E-state index in [1.54, 1.807) is 6.19 Å². The highest BCUT2D eigenvalue weighted by molar-refractivity contribution is 8.14. The zero-order chi connectivity index (χ0) is 7.40. The van der Waals surface area contributed by atoms with Gasteiger partial charge in [0.25, 0.3) is 0 Å². The van der Waals surface area contributed by atoms with Crippen molar-refractivity contribution in [1.82, 2.24) is 5.32 Å². The van der Waals surface area contributed by atoms with E-state index < -0.39 is 0 Å². The van der Waals surface area contributed by atoms with Crippen LogP contribution in [-0.4, -0.2) is 16.8 Å². The Labute approximate surface area is 62.3 Å².